The van der Waals surface area contributed by atoms with E-state index in [1.165, 1.54) is 4.90 Å². The van der Waals surface area contributed by atoms with E-state index in [9.17, 15) is 14.4 Å². The monoisotopic (exact) mass is 273 g/mol. The minimum Gasteiger partial charge on any atom is -0.479 e. The van der Waals surface area contributed by atoms with E-state index in [4.69, 9.17) is 15.9 Å². The lowest BCUT2D eigenvalue weighted by atomic mass is 9.98. The van der Waals surface area contributed by atoms with Crippen LogP contribution in [0.25, 0.3) is 0 Å². The molecule has 2 atom stereocenters. The second kappa shape index (κ2) is 6.93. The van der Waals surface area contributed by atoms with Crippen molar-refractivity contribution in [2.45, 2.75) is 25.4 Å². The molecule has 0 bridgehead atoms. The Balaban J connectivity index is 2.33. The largest absolute Gasteiger partial charge is 0.479 e. The quantitative estimate of drug-likeness (QED) is 0.495. The predicted octanol–water partition coefficient (Wildman–Crippen LogP) is -1.27. The molecule has 0 aromatic rings. The maximum absolute atomic E-state index is 11.8. The highest BCUT2D eigenvalue weighted by molar-refractivity contribution is 5.79. The molecule has 0 radical (unpaired) electrons. The van der Waals surface area contributed by atoms with Crippen molar-refractivity contribution in [3.05, 3.63) is 0 Å². The standard InChI is InChI=1S/C11H19N3O5/c12-9(16)7-2-1-5-14(6-7)11(19)13-4-3-8(15)10(17)18/h7-8,15H,1-6H2,(H2,12,16)(H,13,19)(H,17,18)/t7?,8-/m0/s1. The average molecular weight is 273 g/mol. The number of hydrogen-bond acceptors (Lipinski definition) is 4. The number of amides is 3. The molecule has 1 aliphatic rings. The molecule has 108 valence electrons. The fraction of sp³-hybridized carbons (Fsp3) is 0.727. The van der Waals surface area contributed by atoms with Gasteiger partial charge in [-0.3, -0.25) is 4.79 Å². The molecule has 1 rings (SSSR count). The summed E-state index contributed by atoms with van der Waals surface area (Å²) in [6.07, 6.45) is -0.163. The Morgan fingerprint density at radius 1 is 1.42 bits per heavy atom. The molecule has 1 aliphatic heterocycles. The summed E-state index contributed by atoms with van der Waals surface area (Å²) in [7, 11) is 0. The second-order valence-corrected chi connectivity index (χ2v) is 4.56. The van der Waals surface area contributed by atoms with Gasteiger partial charge in [-0.2, -0.15) is 0 Å². The molecule has 1 fully saturated rings. The van der Waals surface area contributed by atoms with Crippen LogP contribution in [0.5, 0.6) is 0 Å². The fourth-order valence-corrected chi connectivity index (χ4v) is 1.94. The number of nitrogens with zero attached hydrogens (tertiary/aromatic N) is 1. The molecule has 0 aromatic carbocycles. The number of likely N-dealkylation sites (tertiary alicyclic amines) is 1. The summed E-state index contributed by atoms with van der Waals surface area (Å²) in [4.78, 5) is 34.7. The van der Waals surface area contributed by atoms with Gasteiger partial charge in [0, 0.05) is 26.1 Å². The lowest BCUT2D eigenvalue weighted by Gasteiger charge is -2.31. The van der Waals surface area contributed by atoms with Crippen LogP contribution < -0.4 is 11.1 Å². The number of carbonyl (C=O) groups is 3. The van der Waals surface area contributed by atoms with Crippen LogP contribution in [-0.4, -0.2) is 58.8 Å². The number of urea groups is 1. The van der Waals surface area contributed by atoms with Gasteiger partial charge in [0.05, 0.1) is 5.92 Å². The highest BCUT2D eigenvalue weighted by Gasteiger charge is 2.26. The first kappa shape index (κ1) is 15.2. The number of carbonyl (C=O) groups excluding carboxylic acids is 2. The van der Waals surface area contributed by atoms with Gasteiger partial charge in [0.15, 0.2) is 6.10 Å². The number of rotatable bonds is 5. The molecule has 19 heavy (non-hydrogen) atoms. The smallest absolute Gasteiger partial charge is 0.332 e. The average Bonchev–Trinajstić information content (AvgIpc) is 2.38. The Kier molecular flexibility index (Phi) is 5.56. The van der Waals surface area contributed by atoms with E-state index in [2.05, 4.69) is 5.32 Å². The number of carboxylic acids is 1. The number of nitrogens with one attached hydrogen (secondary N) is 1. The van der Waals surface area contributed by atoms with Crippen molar-refractivity contribution < 1.29 is 24.6 Å². The third-order valence-corrected chi connectivity index (χ3v) is 3.09. The van der Waals surface area contributed by atoms with Gasteiger partial charge < -0.3 is 26.2 Å². The summed E-state index contributed by atoms with van der Waals surface area (Å²) in [5.74, 6) is -2.07. The maximum atomic E-state index is 11.8. The first-order chi connectivity index (χ1) is 8.91. The Morgan fingerprint density at radius 2 is 2.11 bits per heavy atom. The maximum Gasteiger partial charge on any atom is 0.332 e. The molecule has 1 unspecified atom stereocenters. The Morgan fingerprint density at radius 3 is 2.68 bits per heavy atom. The number of carboxylic acid groups (broad SMARTS) is 1. The molecule has 3 amide bonds. The van der Waals surface area contributed by atoms with Crippen molar-refractivity contribution in [1.29, 1.82) is 0 Å². The van der Waals surface area contributed by atoms with Crippen LogP contribution in [0.1, 0.15) is 19.3 Å². The van der Waals surface area contributed by atoms with E-state index in [0.29, 0.717) is 19.4 Å². The van der Waals surface area contributed by atoms with Gasteiger partial charge in [-0.25, -0.2) is 9.59 Å². The second-order valence-electron chi connectivity index (χ2n) is 4.56. The fourth-order valence-electron chi connectivity index (χ4n) is 1.94. The van der Waals surface area contributed by atoms with Gasteiger partial charge >= 0.3 is 12.0 Å². The van der Waals surface area contributed by atoms with Crippen molar-refractivity contribution in [2.24, 2.45) is 11.7 Å². The van der Waals surface area contributed by atoms with Crippen LogP contribution in [0.2, 0.25) is 0 Å². The third kappa shape index (κ3) is 4.74. The van der Waals surface area contributed by atoms with Crippen LogP contribution in [0.4, 0.5) is 4.79 Å². The van der Waals surface area contributed by atoms with Gasteiger partial charge in [0.1, 0.15) is 0 Å². The van der Waals surface area contributed by atoms with Crippen LogP contribution in [0.15, 0.2) is 0 Å². The summed E-state index contributed by atoms with van der Waals surface area (Å²) in [5, 5.41) is 20.0. The molecule has 8 heteroatoms. The number of primary amides is 1. The van der Waals surface area contributed by atoms with Crippen molar-refractivity contribution in [3.8, 4) is 0 Å². The van der Waals surface area contributed by atoms with Crippen molar-refractivity contribution in [3.63, 3.8) is 0 Å². The molecule has 0 spiro atoms. The molecule has 1 saturated heterocycles. The summed E-state index contributed by atoms with van der Waals surface area (Å²) >= 11 is 0. The van der Waals surface area contributed by atoms with E-state index >= 15 is 0 Å². The zero-order valence-corrected chi connectivity index (χ0v) is 10.5. The zero-order valence-electron chi connectivity index (χ0n) is 10.5. The predicted molar refractivity (Wildman–Crippen MR) is 65.1 cm³/mol. The van der Waals surface area contributed by atoms with Gasteiger partial charge in [-0.1, -0.05) is 0 Å². The van der Waals surface area contributed by atoms with Crippen LogP contribution in [-0.2, 0) is 9.59 Å². The van der Waals surface area contributed by atoms with Crippen molar-refractivity contribution >= 4 is 17.9 Å². The Labute approximate surface area is 110 Å². The van der Waals surface area contributed by atoms with Crippen molar-refractivity contribution in [2.75, 3.05) is 19.6 Å². The highest BCUT2D eigenvalue weighted by atomic mass is 16.4. The first-order valence-electron chi connectivity index (χ1n) is 6.14. The summed E-state index contributed by atoms with van der Waals surface area (Å²) in [5.41, 5.74) is 5.21. The van der Waals surface area contributed by atoms with Gasteiger partial charge in [-0.15, -0.1) is 0 Å². The molecular formula is C11H19N3O5. The molecule has 8 nitrogen and oxygen atoms in total. The number of nitrogens with two attached hydrogens (primary N) is 1. The molecule has 1 heterocycles. The third-order valence-electron chi connectivity index (χ3n) is 3.09. The van der Waals surface area contributed by atoms with E-state index in [1.54, 1.807) is 0 Å². The van der Waals surface area contributed by atoms with Crippen LogP contribution in [0.3, 0.4) is 0 Å². The lowest BCUT2D eigenvalue weighted by molar-refractivity contribution is -0.146. The minimum atomic E-state index is -1.49. The Bertz CT molecular complexity index is 360. The SMILES string of the molecule is NC(=O)C1CCCN(C(=O)NCC[C@H](O)C(=O)O)C1. The van der Waals surface area contributed by atoms with Crippen molar-refractivity contribution in [1.82, 2.24) is 10.2 Å². The Hall–Kier alpha value is -1.83. The zero-order chi connectivity index (χ0) is 14.4. The van der Waals surface area contributed by atoms with Gasteiger partial charge in [0.25, 0.3) is 0 Å². The molecule has 0 aliphatic carbocycles. The van der Waals surface area contributed by atoms with Gasteiger partial charge in [-0.05, 0) is 12.8 Å². The lowest BCUT2D eigenvalue weighted by Crippen LogP contribution is -2.48. The number of hydrogen-bond donors (Lipinski definition) is 4. The first-order valence-corrected chi connectivity index (χ1v) is 6.14. The van der Waals surface area contributed by atoms with E-state index < -0.39 is 18.0 Å². The van der Waals surface area contributed by atoms with E-state index in [-0.39, 0.29) is 31.5 Å². The number of piperidine rings is 1. The molecule has 0 aromatic heterocycles. The minimum absolute atomic E-state index is 0.0596. The van der Waals surface area contributed by atoms with Crippen LogP contribution in [0, 0.1) is 5.92 Å². The number of aliphatic hydroxyl groups is 1. The number of aliphatic hydroxyl groups excluding tert-OH is 1. The molecular weight excluding hydrogens is 254 g/mol. The summed E-state index contributed by atoms with van der Waals surface area (Å²) in [6, 6.07) is -0.372. The summed E-state index contributed by atoms with van der Waals surface area (Å²) in [6.45, 7) is 0.879. The molecule has 0 saturated carbocycles. The van der Waals surface area contributed by atoms with Gasteiger partial charge in [0.2, 0.25) is 5.91 Å². The van der Waals surface area contributed by atoms with Crippen LogP contribution >= 0.6 is 0 Å². The van der Waals surface area contributed by atoms with E-state index in [1.807, 2.05) is 0 Å². The molecule has 5 N–H and O–H groups in total. The number of aliphatic carboxylic acids is 1. The summed E-state index contributed by atoms with van der Waals surface area (Å²) < 4.78 is 0. The highest BCUT2D eigenvalue weighted by Crippen LogP contribution is 2.15. The normalized spacial score (nSPS) is 20.7. The van der Waals surface area contributed by atoms with E-state index in [0.717, 1.165) is 0 Å². The topological polar surface area (TPSA) is 133 Å².